The van der Waals surface area contributed by atoms with Crippen molar-refractivity contribution in [3.63, 3.8) is 0 Å². The van der Waals surface area contributed by atoms with Gasteiger partial charge in [-0.05, 0) is 25.1 Å². The van der Waals surface area contributed by atoms with Crippen molar-refractivity contribution in [1.29, 1.82) is 5.26 Å². The Morgan fingerprint density at radius 2 is 2.21 bits per heavy atom. The molecule has 0 fully saturated rings. The molecule has 2 aromatic heterocycles. The molecule has 6 heteroatoms. The Kier molecular flexibility index (Phi) is 2.58. The summed E-state index contributed by atoms with van der Waals surface area (Å²) in [6, 6.07) is 10.8. The fourth-order valence-electron chi connectivity index (χ4n) is 1.72. The van der Waals surface area contributed by atoms with Gasteiger partial charge in [0, 0.05) is 11.8 Å². The first-order chi connectivity index (χ1) is 9.26. The monoisotopic (exact) mass is 251 g/mol. The van der Waals surface area contributed by atoms with Gasteiger partial charge in [-0.3, -0.25) is 0 Å². The molecule has 0 spiro atoms. The molecule has 0 aliphatic carbocycles. The molecule has 0 aliphatic heterocycles. The van der Waals surface area contributed by atoms with Crippen molar-refractivity contribution in [2.24, 2.45) is 0 Å². The second kappa shape index (κ2) is 4.38. The first-order valence-electron chi connectivity index (χ1n) is 5.62. The number of aryl methyl sites for hydroxylation is 1. The Hall–Kier alpha value is -2.94. The number of hydrogen-bond acceptors (Lipinski definition) is 5. The number of nitriles is 1. The van der Waals surface area contributed by atoms with Crippen LogP contribution in [0.15, 0.2) is 36.7 Å². The number of benzene rings is 1. The molecular weight excluding hydrogens is 242 g/mol. The number of hydrogen-bond donors (Lipinski definition) is 0. The maximum Gasteiger partial charge on any atom is 0.255 e. The zero-order chi connectivity index (χ0) is 13.2. The lowest BCUT2D eigenvalue weighted by atomic mass is 10.2. The smallest absolute Gasteiger partial charge is 0.255 e. The highest BCUT2D eigenvalue weighted by Crippen LogP contribution is 2.22. The minimum atomic E-state index is 0.478. The molecule has 0 saturated heterocycles. The summed E-state index contributed by atoms with van der Waals surface area (Å²) < 4.78 is 7.25. The lowest BCUT2D eigenvalue weighted by molar-refractivity contribution is 0.445. The van der Waals surface area contributed by atoms with Crippen LogP contribution in [-0.4, -0.2) is 19.6 Å². The summed E-state index contributed by atoms with van der Waals surface area (Å²) in [7, 11) is 0. The Morgan fingerprint density at radius 1 is 1.32 bits per heavy atom. The lowest BCUT2D eigenvalue weighted by Crippen LogP contribution is -1.99. The van der Waals surface area contributed by atoms with E-state index in [1.54, 1.807) is 30.3 Å². The van der Waals surface area contributed by atoms with Crippen molar-refractivity contribution in [1.82, 2.24) is 19.6 Å². The van der Waals surface area contributed by atoms with Crippen molar-refractivity contribution in [2.75, 3.05) is 0 Å². The maximum atomic E-state index is 8.87. The van der Waals surface area contributed by atoms with E-state index < -0.39 is 0 Å². The van der Waals surface area contributed by atoms with Crippen LogP contribution in [0.5, 0.6) is 11.6 Å². The first kappa shape index (κ1) is 11.2. The second-order valence-electron chi connectivity index (χ2n) is 3.95. The lowest BCUT2D eigenvalue weighted by Gasteiger charge is -2.07. The molecule has 3 aromatic rings. The standard InChI is InChI=1S/C13H9N5O/c1-9-5-12(18-13(17-9)15-8-16-18)19-11-4-2-3-10(6-11)7-14/h2-6,8H,1H3. The highest BCUT2D eigenvalue weighted by Gasteiger charge is 2.08. The van der Waals surface area contributed by atoms with Crippen LogP contribution < -0.4 is 4.74 Å². The van der Waals surface area contributed by atoms with E-state index >= 15 is 0 Å². The third-order valence-corrected chi connectivity index (χ3v) is 2.53. The summed E-state index contributed by atoms with van der Waals surface area (Å²) in [6.45, 7) is 1.85. The Bertz CT molecular complexity index is 787. The highest BCUT2D eigenvalue weighted by molar-refractivity contribution is 5.39. The van der Waals surface area contributed by atoms with Crippen LogP contribution in [0, 0.1) is 18.3 Å². The largest absolute Gasteiger partial charge is 0.439 e. The van der Waals surface area contributed by atoms with E-state index in [0.717, 1.165) is 5.69 Å². The van der Waals surface area contributed by atoms with Gasteiger partial charge in [-0.2, -0.15) is 19.9 Å². The molecule has 1 aromatic carbocycles. The summed E-state index contributed by atoms with van der Waals surface area (Å²) in [5, 5.41) is 12.9. The average molecular weight is 251 g/mol. The summed E-state index contributed by atoms with van der Waals surface area (Å²) in [5.41, 5.74) is 1.32. The average Bonchev–Trinajstić information content (AvgIpc) is 2.87. The fourth-order valence-corrected chi connectivity index (χ4v) is 1.72. The Balaban J connectivity index is 2.05. The van der Waals surface area contributed by atoms with Crippen molar-refractivity contribution in [3.05, 3.63) is 47.9 Å². The number of aromatic nitrogens is 4. The van der Waals surface area contributed by atoms with Gasteiger partial charge in [-0.25, -0.2) is 4.98 Å². The normalized spacial score (nSPS) is 10.3. The number of rotatable bonds is 2. The van der Waals surface area contributed by atoms with Gasteiger partial charge >= 0.3 is 0 Å². The van der Waals surface area contributed by atoms with Gasteiger partial charge in [0.2, 0.25) is 5.88 Å². The van der Waals surface area contributed by atoms with Crippen LogP contribution in [0.4, 0.5) is 0 Å². The number of ether oxygens (including phenoxy) is 1. The van der Waals surface area contributed by atoms with Crippen LogP contribution in [0.3, 0.4) is 0 Å². The zero-order valence-electron chi connectivity index (χ0n) is 10.1. The SMILES string of the molecule is Cc1cc(Oc2cccc(C#N)c2)n2ncnc2n1. The van der Waals surface area contributed by atoms with Crippen LogP contribution in [0.1, 0.15) is 11.3 Å². The van der Waals surface area contributed by atoms with E-state index in [-0.39, 0.29) is 0 Å². The summed E-state index contributed by atoms with van der Waals surface area (Å²) in [5.74, 6) is 1.56. The second-order valence-corrected chi connectivity index (χ2v) is 3.95. The van der Waals surface area contributed by atoms with Crippen LogP contribution in [0.2, 0.25) is 0 Å². The van der Waals surface area contributed by atoms with E-state index in [4.69, 9.17) is 10.00 Å². The van der Waals surface area contributed by atoms with Crippen LogP contribution >= 0.6 is 0 Å². The van der Waals surface area contributed by atoms with Crippen LogP contribution in [0.25, 0.3) is 5.78 Å². The van der Waals surface area contributed by atoms with Gasteiger partial charge in [0.1, 0.15) is 12.1 Å². The van der Waals surface area contributed by atoms with Gasteiger partial charge in [0.15, 0.2) is 0 Å². The molecule has 0 N–H and O–H groups in total. The Morgan fingerprint density at radius 3 is 3.05 bits per heavy atom. The molecular formula is C13H9N5O. The topological polar surface area (TPSA) is 76.1 Å². The van der Waals surface area contributed by atoms with E-state index in [1.165, 1.54) is 10.8 Å². The van der Waals surface area contributed by atoms with Crippen molar-refractivity contribution < 1.29 is 4.74 Å². The molecule has 6 nitrogen and oxygen atoms in total. The van der Waals surface area contributed by atoms with E-state index in [1.807, 2.05) is 6.92 Å². The molecule has 0 unspecified atom stereocenters. The van der Waals surface area contributed by atoms with E-state index in [0.29, 0.717) is 23.0 Å². The maximum absolute atomic E-state index is 8.87. The van der Waals surface area contributed by atoms with Crippen molar-refractivity contribution >= 4 is 5.78 Å². The van der Waals surface area contributed by atoms with Gasteiger partial charge in [-0.15, -0.1) is 0 Å². The Labute approximate surface area is 108 Å². The van der Waals surface area contributed by atoms with Crippen molar-refractivity contribution in [2.45, 2.75) is 6.92 Å². The third-order valence-electron chi connectivity index (χ3n) is 2.53. The van der Waals surface area contributed by atoms with Gasteiger partial charge in [0.05, 0.1) is 11.6 Å². The molecule has 19 heavy (non-hydrogen) atoms. The molecule has 3 rings (SSSR count). The van der Waals surface area contributed by atoms with Crippen molar-refractivity contribution in [3.8, 4) is 17.7 Å². The van der Waals surface area contributed by atoms with Gasteiger partial charge < -0.3 is 4.74 Å². The molecule has 0 saturated carbocycles. The zero-order valence-corrected chi connectivity index (χ0v) is 10.1. The predicted octanol–water partition coefficient (Wildman–Crippen LogP) is 2.10. The number of nitrogens with zero attached hydrogens (tertiary/aromatic N) is 5. The summed E-state index contributed by atoms with van der Waals surface area (Å²) in [4.78, 5) is 8.25. The molecule has 0 radical (unpaired) electrons. The molecule has 0 atom stereocenters. The minimum Gasteiger partial charge on any atom is -0.439 e. The first-order valence-corrected chi connectivity index (χ1v) is 5.62. The molecule has 92 valence electrons. The molecule has 0 aliphatic rings. The van der Waals surface area contributed by atoms with E-state index in [9.17, 15) is 0 Å². The molecule has 2 heterocycles. The molecule has 0 amide bonds. The van der Waals surface area contributed by atoms with E-state index in [2.05, 4.69) is 21.1 Å². The predicted molar refractivity (Wildman–Crippen MR) is 66.8 cm³/mol. The highest BCUT2D eigenvalue weighted by atomic mass is 16.5. The third kappa shape index (κ3) is 2.09. The minimum absolute atomic E-state index is 0.478. The molecule has 0 bridgehead atoms. The summed E-state index contributed by atoms with van der Waals surface area (Å²) in [6.07, 6.45) is 1.42. The van der Waals surface area contributed by atoms with Gasteiger partial charge in [-0.1, -0.05) is 6.07 Å². The summed E-state index contributed by atoms with van der Waals surface area (Å²) >= 11 is 0. The van der Waals surface area contributed by atoms with Crippen LogP contribution in [-0.2, 0) is 0 Å². The fraction of sp³-hybridized carbons (Fsp3) is 0.0769. The number of fused-ring (bicyclic) bond motifs is 1. The van der Waals surface area contributed by atoms with Gasteiger partial charge in [0.25, 0.3) is 5.78 Å². The quantitative estimate of drug-likeness (QED) is 0.697.